The number of pyridine rings is 1. The van der Waals surface area contributed by atoms with E-state index in [0.29, 0.717) is 109 Å². The molecule has 744 valence electrons. The van der Waals surface area contributed by atoms with Crippen LogP contribution in [0.4, 0.5) is 58.0 Å². The van der Waals surface area contributed by atoms with Crippen LogP contribution in [0.2, 0.25) is 0 Å². The first-order valence-electron chi connectivity index (χ1n) is 44.8. The number of benzene rings is 8. The molecule has 4 fully saturated rings. The molecule has 9 heterocycles. The van der Waals surface area contributed by atoms with Crippen LogP contribution in [0, 0.1) is 27.5 Å². The van der Waals surface area contributed by atoms with Crippen molar-refractivity contribution in [1.82, 2.24) is 32.4 Å². The van der Waals surface area contributed by atoms with Crippen molar-refractivity contribution >= 4 is 118 Å². The molecule has 1 unspecified atom stereocenters. The molecular weight excluding hydrogens is 1910 g/mol. The average molecular weight is 2020 g/mol. The molecule has 140 heavy (non-hydrogen) atoms. The summed E-state index contributed by atoms with van der Waals surface area (Å²) >= 11 is 0. The number of rotatable bonds is 29. The minimum Gasteiger partial charge on any atom is -0.491 e. The number of nitrogens with zero attached hydrogens (tertiary/aromatic N) is 9. The second-order valence-corrected chi connectivity index (χ2v) is 47.2. The van der Waals surface area contributed by atoms with Gasteiger partial charge in [-0.3, -0.25) is 56.4 Å². The van der Waals surface area contributed by atoms with Crippen molar-refractivity contribution in [1.29, 1.82) is 0 Å². The topological polar surface area (TPSA) is 342 Å². The van der Waals surface area contributed by atoms with Crippen LogP contribution in [0.5, 0.6) is 23.0 Å². The molecule has 5 aliphatic heterocycles. The third-order valence-electron chi connectivity index (χ3n) is 24.2. The molecule has 4 saturated heterocycles. The Hall–Kier alpha value is -12.8. The van der Waals surface area contributed by atoms with E-state index in [1.807, 2.05) is 72.7 Å². The zero-order chi connectivity index (χ0) is 102. The van der Waals surface area contributed by atoms with E-state index >= 15 is 0 Å². The van der Waals surface area contributed by atoms with Crippen molar-refractivity contribution in [2.45, 2.75) is 172 Å². The Morgan fingerprint density at radius 1 is 0.400 bits per heavy atom. The minimum absolute atomic E-state index is 0.00932. The average Bonchev–Trinajstić information content (AvgIpc) is 1.62. The molecule has 0 saturated carbocycles. The van der Waals surface area contributed by atoms with Gasteiger partial charge in [0.25, 0.3) is 0 Å². The van der Waals surface area contributed by atoms with Gasteiger partial charge in [-0.1, -0.05) is 58.5 Å². The lowest BCUT2D eigenvalue weighted by Gasteiger charge is -2.37. The largest absolute Gasteiger partial charge is 0.491 e. The first kappa shape index (κ1) is 103. The number of aromatic nitrogens is 7. The molecule has 8 aromatic carbocycles. The quantitative estimate of drug-likeness (QED) is 0.0310. The standard InChI is InChI=1S/C26H22F3N3O4S.C25H27F3N2O5S.C25H30N2O5S.C24H26F2N2O5S/c1-16-31(19-8-6-18(27)7-9-19)22-10-17(23(33)12-26(2)14-37(34,35)15-26)13-30-24(22)32(16)20-4-3-5-21(11-20)36-25(28)29;1-15(2)29-21-10-17(22(31)12-24(4)13-36(33,34)14-24)8-9-20(21)30(23(29)32)18-6-5-7-19(11-18)35-25(27,28)16(3)26;1-16(2)26-22-11-18(23(28)13-25(5)14-33(30,31)15-25)9-10-21(22)27(24(26)29)19-7-6-8-20(12-19)32-17(3)4;1-15(2)27-20-10-16(21(29)12-23(3)13-34(31,32)14-23)8-9-19(20)28(22(27)30)17-6-5-7-18(11-17)33-24(4,25)26/h3-11,13,25H,1,12,14-15H2,2H3;5-11,15-16H,12-14H2,1-4H3;6-12,16-17H,13-15H2,1-5H3;5-11,15H,12-14H2,1-4H3. The monoisotopic (exact) mass is 2020 g/mol. The lowest BCUT2D eigenvalue weighted by atomic mass is 9.86. The number of anilines is 4. The summed E-state index contributed by atoms with van der Waals surface area (Å²) in [4.78, 5) is 100.0. The number of ketones is 4. The Balaban J connectivity index is 0.000000149. The number of carbonyl (C=O) groups excluding carboxylic acids is 4. The number of alkyl halides is 7. The van der Waals surface area contributed by atoms with Crippen molar-refractivity contribution in [3.63, 3.8) is 0 Å². The highest BCUT2D eigenvalue weighted by Crippen LogP contribution is 2.50. The third kappa shape index (κ3) is 22.5. The number of hydrogen-bond donors (Lipinski definition) is 0. The molecule has 28 nitrogen and oxygen atoms in total. The molecule has 0 amide bonds. The van der Waals surface area contributed by atoms with Gasteiger partial charge in [0.05, 0.1) is 114 Å². The molecule has 12 aromatic rings. The number of carbonyl (C=O) groups is 4. The summed E-state index contributed by atoms with van der Waals surface area (Å²) in [5.41, 5.74) is 4.10. The lowest BCUT2D eigenvalue weighted by molar-refractivity contribution is -0.215. The van der Waals surface area contributed by atoms with Crippen LogP contribution in [-0.2, 0) is 39.3 Å². The van der Waals surface area contributed by atoms with Gasteiger partial charge in [-0.2, -0.15) is 26.3 Å². The number of ether oxygens (including phenoxy) is 4. The molecule has 0 N–H and O–H groups in total. The molecule has 0 spiro atoms. The Morgan fingerprint density at radius 2 is 0.721 bits per heavy atom. The molecular formula is C100H105F8N9O19S4. The van der Waals surface area contributed by atoms with Gasteiger partial charge in [0.15, 0.2) is 68.3 Å². The van der Waals surface area contributed by atoms with Crippen molar-refractivity contribution in [3.05, 3.63) is 260 Å². The number of halogens is 8. The molecule has 17 rings (SSSR count). The minimum atomic E-state index is -4.04. The van der Waals surface area contributed by atoms with E-state index in [2.05, 4.69) is 25.8 Å². The van der Waals surface area contributed by atoms with Crippen molar-refractivity contribution in [2.24, 2.45) is 21.7 Å². The number of fused-ring (bicyclic) bond motifs is 4. The lowest BCUT2D eigenvalue weighted by Crippen LogP contribution is -2.47. The van der Waals surface area contributed by atoms with Gasteiger partial charge in [-0.15, -0.1) is 0 Å². The fourth-order valence-electron chi connectivity index (χ4n) is 18.9. The summed E-state index contributed by atoms with van der Waals surface area (Å²) in [5.74, 6) is -0.423. The normalized spacial score (nSPS) is 17.3. The number of hydrogen-bond acceptors (Lipinski definition) is 22. The van der Waals surface area contributed by atoms with E-state index in [1.54, 1.807) is 145 Å². The van der Waals surface area contributed by atoms with E-state index in [9.17, 15) is 102 Å². The first-order chi connectivity index (χ1) is 65.1. The Kier molecular flexibility index (Phi) is 28.2. The van der Waals surface area contributed by atoms with Crippen LogP contribution in [-0.4, -0.2) is 166 Å². The Morgan fingerprint density at radius 3 is 1.05 bits per heavy atom. The fraction of sp³-hybridized carbons (Fsp3) is 0.380. The van der Waals surface area contributed by atoms with Gasteiger partial charge in [0.2, 0.25) is 6.17 Å². The summed E-state index contributed by atoms with van der Waals surface area (Å²) in [7, 11) is -12.3. The second-order valence-electron chi connectivity index (χ2n) is 39.0. The van der Waals surface area contributed by atoms with E-state index in [0.717, 1.165) is 0 Å². The van der Waals surface area contributed by atoms with Crippen LogP contribution < -0.4 is 45.8 Å². The van der Waals surface area contributed by atoms with E-state index in [4.69, 9.17) is 4.74 Å². The molecule has 40 heteroatoms. The first-order valence-corrected chi connectivity index (χ1v) is 52.0. The van der Waals surface area contributed by atoms with E-state index in [1.165, 1.54) is 91.2 Å². The number of Topliss-reactive ketones (excluding diaryl/α,β-unsaturated/α-hetero) is 4. The number of imidazole rings is 3. The molecule has 1 atom stereocenters. The maximum Gasteiger partial charge on any atom is 0.429 e. The summed E-state index contributed by atoms with van der Waals surface area (Å²) in [6.07, 6.45) is -8.19. The smallest absolute Gasteiger partial charge is 0.429 e. The molecule has 0 bridgehead atoms. The zero-order valence-corrected chi connectivity index (χ0v) is 82.3. The number of sulfone groups is 4. The SMILES string of the molecule is C=C1N(c2ccc(F)cc2)c2cc(C(=O)CC3(C)CS(=O)(=O)C3)cnc2N1c1cccc(OC(F)F)c1.CC(C)Oc1cccc(-n2c(=O)n(C(C)C)c3cc(C(=O)CC4(C)CS(=O)(=O)C4)ccc32)c1.CC(C)n1c(=O)n(-c2cccc(OC(C)(F)F)c2)c2ccc(C(=O)CC3(C)CS(=O)(=O)C3)cc21.CC(C)n1c(=O)n(-c2cccc(OC(F)(F)C(C)F)c2)c2ccc(C(=O)CC3(C)CS(=O)(=O)C3)cc21. The predicted molar refractivity (Wildman–Crippen MR) is 517 cm³/mol. The molecule has 4 aromatic heterocycles. The van der Waals surface area contributed by atoms with Crippen LogP contribution in [0.1, 0.15) is 182 Å². The van der Waals surface area contributed by atoms with Crippen molar-refractivity contribution < 1.29 is 107 Å². The second kappa shape index (κ2) is 38.3. The molecule has 0 radical (unpaired) electrons. The van der Waals surface area contributed by atoms with Gasteiger partial charge in [-0.25, -0.2) is 61.8 Å². The Bertz CT molecular complexity index is 7600. The fourth-order valence-corrected chi connectivity index (χ4v) is 27.9. The van der Waals surface area contributed by atoms with Crippen LogP contribution in [0.25, 0.3) is 50.2 Å². The van der Waals surface area contributed by atoms with Gasteiger partial charge < -0.3 is 18.9 Å². The zero-order valence-electron chi connectivity index (χ0n) is 79.0. The van der Waals surface area contributed by atoms with Gasteiger partial charge in [0.1, 0.15) is 34.6 Å². The van der Waals surface area contributed by atoms with Gasteiger partial charge in [0, 0.05) is 131 Å². The van der Waals surface area contributed by atoms with Crippen LogP contribution in [0.15, 0.2) is 215 Å². The van der Waals surface area contributed by atoms with Crippen LogP contribution in [0.3, 0.4) is 0 Å². The third-order valence-corrected chi connectivity index (χ3v) is 33.3. The predicted octanol–water partition coefficient (Wildman–Crippen LogP) is 18.8. The van der Waals surface area contributed by atoms with Gasteiger partial charge in [-0.05, 0) is 196 Å². The highest BCUT2D eigenvalue weighted by molar-refractivity contribution is 7.93. The van der Waals surface area contributed by atoms with E-state index in [-0.39, 0.29) is 159 Å². The molecule has 5 aliphatic rings. The highest BCUT2D eigenvalue weighted by atomic mass is 32.2. The molecule has 0 aliphatic carbocycles. The van der Waals surface area contributed by atoms with Crippen molar-refractivity contribution in [3.8, 4) is 40.1 Å². The van der Waals surface area contributed by atoms with Crippen LogP contribution >= 0.6 is 0 Å². The maximum atomic E-state index is 13.8. The Labute approximate surface area is 802 Å². The summed E-state index contributed by atoms with van der Waals surface area (Å²) in [6.45, 7) is 24.6. The van der Waals surface area contributed by atoms with E-state index < -0.39 is 97.5 Å². The van der Waals surface area contributed by atoms with Crippen molar-refractivity contribution in [2.75, 3.05) is 55.8 Å². The summed E-state index contributed by atoms with van der Waals surface area (Å²) < 4.78 is 228. The summed E-state index contributed by atoms with van der Waals surface area (Å²) in [5, 5.41) is 0. The highest BCUT2D eigenvalue weighted by Gasteiger charge is 2.50. The van der Waals surface area contributed by atoms with Gasteiger partial charge >= 0.3 is 35.9 Å². The maximum absolute atomic E-state index is 13.8. The summed E-state index contributed by atoms with van der Waals surface area (Å²) in [6, 6.07) is 46.2.